The van der Waals surface area contributed by atoms with Crippen molar-refractivity contribution in [3.63, 3.8) is 0 Å². The Labute approximate surface area is 163 Å². The molecule has 0 aliphatic heterocycles. The zero-order valence-corrected chi connectivity index (χ0v) is 16.3. The second-order valence-corrected chi connectivity index (χ2v) is 7.26. The summed E-state index contributed by atoms with van der Waals surface area (Å²) in [5.74, 6) is -0.287. The van der Waals surface area contributed by atoms with Crippen LogP contribution < -0.4 is 10.1 Å². The Balaban J connectivity index is 1.54. The van der Waals surface area contributed by atoms with E-state index in [1.165, 1.54) is 6.07 Å². The monoisotopic (exact) mass is 384 g/mol. The Morgan fingerprint density at radius 3 is 2.36 bits per heavy atom. The SMILES string of the molecule is Cc1cc(C)nc(OC2CCC(NC(=O)c3ccc(C)c([N+](=O)[O-])c3)CC2)n1. The molecule has 8 nitrogen and oxygen atoms in total. The maximum absolute atomic E-state index is 12.5. The van der Waals surface area contributed by atoms with E-state index in [1.807, 2.05) is 19.9 Å². The number of benzene rings is 1. The number of ether oxygens (including phenoxy) is 1. The summed E-state index contributed by atoms with van der Waals surface area (Å²) in [5, 5.41) is 14.0. The molecule has 0 radical (unpaired) electrons. The van der Waals surface area contributed by atoms with E-state index in [4.69, 9.17) is 4.74 Å². The Morgan fingerprint density at radius 2 is 1.75 bits per heavy atom. The van der Waals surface area contributed by atoms with Gasteiger partial charge in [-0.25, -0.2) is 9.97 Å². The zero-order chi connectivity index (χ0) is 20.3. The van der Waals surface area contributed by atoms with Gasteiger partial charge in [0, 0.05) is 34.6 Å². The van der Waals surface area contributed by atoms with Crippen molar-refractivity contribution in [2.24, 2.45) is 0 Å². The minimum absolute atomic E-state index is 0.0212. The number of nitro benzene ring substituents is 1. The molecule has 8 heteroatoms. The van der Waals surface area contributed by atoms with Crippen molar-refractivity contribution >= 4 is 11.6 Å². The number of nitrogens with zero attached hydrogens (tertiary/aromatic N) is 3. The van der Waals surface area contributed by atoms with Crippen LogP contribution in [-0.2, 0) is 0 Å². The van der Waals surface area contributed by atoms with Gasteiger partial charge in [0.15, 0.2) is 0 Å². The molecule has 148 valence electrons. The number of hydrogen-bond donors (Lipinski definition) is 1. The van der Waals surface area contributed by atoms with Gasteiger partial charge >= 0.3 is 6.01 Å². The Kier molecular flexibility index (Phi) is 5.87. The minimum Gasteiger partial charge on any atom is -0.460 e. The Morgan fingerprint density at radius 1 is 1.11 bits per heavy atom. The van der Waals surface area contributed by atoms with Crippen molar-refractivity contribution in [3.05, 3.63) is 56.9 Å². The van der Waals surface area contributed by atoms with Gasteiger partial charge in [-0.3, -0.25) is 14.9 Å². The fourth-order valence-corrected chi connectivity index (χ4v) is 3.44. The summed E-state index contributed by atoms with van der Waals surface area (Å²) in [4.78, 5) is 31.7. The molecule has 1 amide bonds. The molecule has 1 N–H and O–H groups in total. The summed E-state index contributed by atoms with van der Waals surface area (Å²) < 4.78 is 5.90. The number of nitrogens with one attached hydrogen (secondary N) is 1. The first-order valence-electron chi connectivity index (χ1n) is 9.36. The van der Waals surface area contributed by atoms with Crippen molar-refractivity contribution in [1.29, 1.82) is 0 Å². The van der Waals surface area contributed by atoms with E-state index < -0.39 is 4.92 Å². The standard InChI is InChI=1S/C20H24N4O4/c1-12-4-5-15(11-18(12)24(26)27)19(25)23-16-6-8-17(9-7-16)28-20-21-13(2)10-14(3)22-20/h4-5,10-11,16-17H,6-9H2,1-3H3,(H,23,25). The molecule has 0 saturated heterocycles. The smallest absolute Gasteiger partial charge is 0.317 e. The Hall–Kier alpha value is -3.03. The van der Waals surface area contributed by atoms with E-state index >= 15 is 0 Å². The van der Waals surface area contributed by atoms with Crippen LogP contribution in [0.25, 0.3) is 0 Å². The Bertz CT molecular complexity index is 872. The van der Waals surface area contributed by atoms with Crippen molar-refractivity contribution in [2.45, 2.75) is 58.6 Å². The third-order valence-electron chi connectivity index (χ3n) is 4.91. The average Bonchev–Trinajstić information content (AvgIpc) is 2.62. The summed E-state index contributed by atoms with van der Waals surface area (Å²) in [6.45, 7) is 5.47. The molecule has 1 aromatic carbocycles. The minimum atomic E-state index is -0.469. The van der Waals surface area contributed by atoms with Crippen LogP contribution in [0.3, 0.4) is 0 Å². The number of carbonyl (C=O) groups excluding carboxylic acids is 1. The lowest BCUT2D eigenvalue weighted by Crippen LogP contribution is -2.39. The van der Waals surface area contributed by atoms with Crippen LogP contribution in [0.5, 0.6) is 6.01 Å². The summed E-state index contributed by atoms with van der Waals surface area (Å²) in [6, 6.07) is 6.86. The second-order valence-electron chi connectivity index (χ2n) is 7.26. The molecule has 1 fully saturated rings. The number of carbonyl (C=O) groups is 1. The number of amides is 1. The molecule has 1 heterocycles. The number of rotatable bonds is 5. The van der Waals surface area contributed by atoms with Crippen molar-refractivity contribution < 1.29 is 14.5 Å². The highest BCUT2D eigenvalue weighted by molar-refractivity contribution is 5.95. The molecule has 0 spiro atoms. The third kappa shape index (κ3) is 4.82. The molecule has 2 aromatic rings. The highest BCUT2D eigenvalue weighted by Crippen LogP contribution is 2.24. The molecule has 1 aromatic heterocycles. The first kappa shape index (κ1) is 19.7. The third-order valence-corrected chi connectivity index (χ3v) is 4.91. The molecular formula is C20H24N4O4. The van der Waals surface area contributed by atoms with Gasteiger partial charge in [0.05, 0.1) is 4.92 Å². The largest absolute Gasteiger partial charge is 0.460 e. The van der Waals surface area contributed by atoms with Gasteiger partial charge in [-0.1, -0.05) is 6.07 Å². The topological polar surface area (TPSA) is 107 Å². The van der Waals surface area contributed by atoms with Crippen LogP contribution in [0.1, 0.15) is 53.0 Å². The van der Waals surface area contributed by atoms with Crippen LogP contribution in [0.15, 0.2) is 24.3 Å². The van der Waals surface area contributed by atoms with Crippen molar-refractivity contribution in [3.8, 4) is 6.01 Å². The van der Waals surface area contributed by atoms with Crippen molar-refractivity contribution in [1.82, 2.24) is 15.3 Å². The average molecular weight is 384 g/mol. The summed E-state index contributed by atoms with van der Waals surface area (Å²) in [6.07, 6.45) is 3.14. The normalized spacial score (nSPS) is 19.1. The van der Waals surface area contributed by atoms with E-state index in [0.29, 0.717) is 17.1 Å². The number of aromatic nitrogens is 2. The molecular weight excluding hydrogens is 360 g/mol. The molecule has 0 bridgehead atoms. The lowest BCUT2D eigenvalue weighted by molar-refractivity contribution is -0.385. The first-order valence-corrected chi connectivity index (χ1v) is 9.36. The van der Waals surface area contributed by atoms with E-state index in [-0.39, 0.29) is 23.7 Å². The highest BCUT2D eigenvalue weighted by Gasteiger charge is 2.25. The van der Waals surface area contributed by atoms with E-state index in [1.54, 1.807) is 19.1 Å². The fourth-order valence-electron chi connectivity index (χ4n) is 3.44. The van der Waals surface area contributed by atoms with Crippen LogP contribution in [0.2, 0.25) is 0 Å². The predicted molar refractivity (Wildman–Crippen MR) is 103 cm³/mol. The molecule has 1 aliphatic rings. The van der Waals surface area contributed by atoms with Gasteiger partial charge in [0.2, 0.25) is 0 Å². The predicted octanol–water partition coefficient (Wildman–Crippen LogP) is 3.43. The van der Waals surface area contributed by atoms with Gasteiger partial charge in [-0.2, -0.15) is 0 Å². The summed E-state index contributed by atoms with van der Waals surface area (Å²) in [5.41, 5.74) is 2.54. The molecule has 0 atom stereocenters. The van der Waals surface area contributed by atoms with Gasteiger partial charge in [0.1, 0.15) is 6.10 Å². The molecule has 1 aliphatic carbocycles. The van der Waals surface area contributed by atoms with Gasteiger partial charge in [-0.15, -0.1) is 0 Å². The maximum atomic E-state index is 12.5. The van der Waals surface area contributed by atoms with Crippen LogP contribution in [0, 0.1) is 30.9 Å². The number of aryl methyl sites for hydroxylation is 3. The van der Waals surface area contributed by atoms with Crippen LogP contribution in [0.4, 0.5) is 5.69 Å². The lowest BCUT2D eigenvalue weighted by atomic mass is 9.92. The number of hydrogen-bond acceptors (Lipinski definition) is 6. The van der Waals surface area contributed by atoms with Crippen LogP contribution >= 0.6 is 0 Å². The quantitative estimate of drug-likeness (QED) is 0.625. The molecule has 0 unspecified atom stereocenters. The van der Waals surface area contributed by atoms with Gasteiger partial charge in [-0.05, 0) is 58.6 Å². The van der Waals surface area contributed by atoms with Crippen LogP contribution in [-0.4, -0.2) is 32.9 Å². The molecule has 3 rings (SSSR count). The fraction of sp³-hybridized carbons (Fsp3) is 0.450. The van der Waals surface area contributed by atoms with Crippen molar-refractivity contribution in [2.75, 3.05) is 0 Å². The molecule has 1 saturated carbocycles. The van der Waals surface area contributed by atoms with E-state index in [2.05, 4.69) is 15.3 Å². The van der Waals surface area contributed by atoms with E-state index in [0.717, 1.165) is 37.1 Å². The summed E-state index contributed by atoms with van der Waals surface area (Å²) >= 11 is 0. The van der Waals surface area contributed by atoms with Gasteiger partial charge < -0.3 is 10.1 Å². The zero-order valence-electron chi connectivity index (χ0n) is 16.3. The maximum Gasteiger partial charge on any atom is 0.317 e. The molecule has 28 heavy (non-hydrogen) atoms. The number of nitro groups is 1. The van der Waals surface area contributed by atoms with Gasteiger partial charge in [0.25, 0.3) is 11.6 Å². The highest BCUT2D eigenvalue weighted by atomic mass is 16.6. The van der Waals surface area contributed by atoms with E-state index in [9.17, 15) is 14.9 Å². The summed E-state index contributed by atoms with van der Waals surface area (Å²) in [7, 11) is 0. The second kappa shape index (κ2) is 8.33. The first-order chi connectivity index (χ1) is 13.3. The lowest BCUT2D eigenvalue weighted by Gasteiger charge is -2.29.